The van der Waals surface area contributed by atoms with Crippen LogP contribution < -0.4 is 5.32 Å². The molecule has 108 valence electrons. The van der Waals surface area contributed by atoms with Gasteiger partial charge in [-0.05, 0) is 49.4 Å². The van der Waals surface area contributed by atoms with Gasteiger partial charge in [-0.2, -0.15) is 0 Å². The largest absolute Gasteiger partial charge is 0.314 e. The van der Waals surface area contributed by atoms with Gasteiger partial charge >= 0.3 is 0 Å². The van der Waals surface area contributed by atoms with Gasteiger partial charge in [0, 0.05) is 17.6 Å². The standard InChI is InChI=1S/C18H26N2/c1-5-10-19-14(2)13-18(3,4)16-9-8-15-7-6-11-20-17(15)12-16/h6-9,11-12,14,19H,5,10,13H2,1-4H3. The van der Waals surface area contributed by atoms with Crippen molar-refractivity contribution in [3.05, 3.63) is 42.1 Å². The van der Waals surface area contributed by atoms with Crippen LogP contribution in [-0.4, -0.2) is 17.6 Å². The average Bonchev–Trinajstić information content (AvgIpc) is 2.44. The van der Waals surface area contributed by atoms with Gasteiger partial charge in [0.1, 0.15) is 0 Å². The molecule has 0 aliphatic carbocycles. The minimum Gasteiger partial charge on any atom is -0.314 e. The molecule has 2 aromatic rings. The summed E-state index contributed by atoms with van der Waals surface area (Å²) in [6.07, 6.45) is 4.18. The van der Waals surface area contributed by atoms with Crippen molar-refractivity contribution in [1.82, 2.24) is 10.3 Å². The number of benzene rings is 1. The van der Waals surface area contributed by atoms with E-state index in [4.69, 9.17) is 0 Å². The van der Waals surface area contributed by atoms with E-state index in [-0.39, 0.29) is 5.41 Å². The fourth-order valence-electron chi connectivity index (χ4n) is 2.83. The Labute approximate surface area is 122 Å². The van der Waals surface area contributed by atoms with Crippen LogP contribution in [0, 0.1) is 0 Å². The molecule has 0 spiro atoms. The van der Waals surface area contributed by atoms with E-state index in [1.807, 2.05) is 12.3 Å². The van der Waals surface area contributed by atoms with Crippen molar-refractivity contribution in [2.75, 3.05) is 6.54 Å². The lowest BCUT2D eigenvalue weighted by atomic mass is 9.79. The fourth-order valence-corrected chi connectivity index (χ4v) is 2.83. The summed E-state index contributed by atoms with van der Waals surface area (Å²) in [5, 5.41) is 4.79. The van der Waals surface area contributed by atoms with E-state index in [1.165, 1.54) is 17.4 Å². The molecule has 1 N–H and O–H groups in total. The molecule has 0 radical (unpaired) electrons. The van der Waals surface area contributed by atoms with Crippen LogP contribution in [0.5, 0.6) is 0 Å². The third-order valence-corrected chi connectivity index (χ3v) is 3.95. The maximum atomic E-state index is 4.47. The molecular weight excluding hydrogens is 244 g/mol. The Kier molecular flexibility index (Phi) is 4.77. The van der Waals surface area contributed by atoms with Crippen LogP contribution in [0.15, 0.2) is 36.5 Å². The predicted octanol–water partition coefficient (Wildman–Crippen LogP) is 4.29. The molecule has 1 aromatic heterocycles. The highest BCUT2D eigenvalue weighted by Crippen LogP contribution is 2.30. The first-order valence-electron chi connectivity index (χ1n) is 7.61. The van der Waals surface area contributed by atoms with Crippen LogP contribution in [0.3, 0.4) is 0 Å². The molecule has 0 bridgehead atoms. The first-order valence-corrected chi connectivity index (χ1v) is 7.61. The molecule has 2 heteroatoms. The summed E-state index contributed by atoms with van der Waals surface area (Å²) >= 11 is 0. The van der Waals surface area contributed by atoms with Crippen molar-refractivity contribution in [3.8, 4) is 0 Å². The molecule has 0 saturated heterocycles. The van der Waals surface area contributed by atoms with Crippen molar-refractivity contribution in [2.45, 2.75) is 52.0 Å². The molecule has 1 atom stereocenters. The van der Waals surface area contributed by atoms with Gasteiger partial charge in [0.25, 0.3) is 0 Å². The molecule has 1 heterocycles. The summed E-state index contributed by atoms with van der Waals surface area (Å²) < 4.78 is 0. The van der Waals surface area contributed by atoms with Crippen LogP contribution in [-0.2, 0) is 5.41 Å². The quantitative estimate of drug-likeness (QED) is 0.847. The second-order valence-electron chi connectivity index (χ2n) is 6.35. The zero-order valence-corrected chi connectivity index (χ0v) is 13.1. The van der Waals surface area contributed by atoms with Crippen LogP contribution in [0.1, 0.15) is 46.1 Å². The highest BCUT2D eigenvalue weighted by molar-refractivity contribution is 5.79. The normalized spacial score (nSPS) is 13.6. The summed E-state index contributed by atoms with van der Waals surface area (Å²) in [4.78, 5) is 4.47. The Morgan fingerprint density at radius 1 is 1.25 bits per heavy atom. The third kappa shape index (κ3) is 3.57. The first kappa shape index (κ1) is 15.0. The molecule has 2 rings (SSSR count). The molecule has 0 saturated carbocycles. The number of aromatic nitrogens is 1. The average molecular weight is 270 g/mol. The molecule has 1 aromatic carbocycles. The number of hydrogen-bond acceptors (Lipinski definition) is 2. The monoisotopic (exact) mass is 270 g/mol. The second-order valence-corrected chi connectivity index (χ2v) is 6.35. The predicted molar refractivity (Wildman–Crippen MR) is 87.1 cm³/mol. The zero-order valence-electron chi connectivity index (χ0n) is 13.1. The van der Waals surface area contributed by atoms with E-state index in [2.05, 4.69) is 62.3 Å². The topological polar surface area (TPSA) is 24.9 Å². The molecule has 20 heavy (non-hydrogen) atoms. The first-order chi connectivity index (χ1) is 9.53. The highest BCUT2D eigenvalue weighted by atomic mass is 14.9. The van der Waals surface area contributed by atoms with E-state index in [0.29, 0.717) is 6.04 Å². The third-order valence-electron chi connectivity index (χ3n) is 3.95. The van der Waals surface area contributed by atoms with Crippen molar-refractivity contribution in [1.29, 1.82) is 0 Å². The number of nitrogens with one attached hydrogen (secondary N) is 1. The van der Waals surface area contributed by atoms with Gasteiger partial charge in [0.05, 0.1) is 5.52 Å². The molecule has 0 aliphatic rings. The molecule has 0 fully saturated rings. The van der Waals surface area contributed by atoms with Crippen molar-refractivity contribution in [2.24, 2.45) is 0 Å². The molecule has 1 unspecified atom stereocenters. The maximum Gasteiger partial charge on any atom is 0.0704 e. The number of hydrogen-bond donors (Lipinski definition) is 1. The molecule has 2 nitrogen and oxygen atoms in total. The van der Waals surface area contributed by atoms with Crippen molar-refractivity contribution < 1.29 is 0 Å². The summed E-state index contributed by atoms with van der Waals surface area (Å²) in [6, 6.07) is 11.3. The van der Waals surface area contributed by atoms with Gasteiger partial charge in [0.2, 0.25) is 0 Å². The number of nitrogens with zero attached hydrogens (tertiary/aromatic N) is 1. The Balaban J connectivity index is 2.17. The summed E-state index contributed by atoms with van der Waals surface area (Å²) in [5.41, 5.74) is 2.62. The lowest BCUT2D eigenvalue weighted by Gasteiger charge is -2.29. The fraction of sp³-hybridized carbons (Fsp3) is 0.500. The minimum absolute atomic E-state index is 0.159. The lowest BCUT2D eigenvalue weighted by molar-refractivity contribution is 0.390. The van der Waals surface area contributed by atoms with Gasteiger partial charge in [-0.25, -0.2) is 0 Å². The SMILES string of the molecule is CCCNC(C)CC(C)(C)c1ccc2cccnc2c1. The minimum atomic E-state index is 0.159. The van der Waals surface area contributed by atoms with E-state index in [9.17, 15) is 0 Å². The second kappa shape index (κ2) is 6.36. The number of rotatable bonds is 6. The van der Waals surface area contributed by atoms with Gasteiger partial charge < -0.3 is 5.32 Å². The molecule has 0 aliphatic heterocycles. The van der Waals surface area contributed by atoms with Crippen LogP contribution in [0.25, 0.3) is 10.9 Å². The highest BCUT2D eigenvalue weighted by Gasteiger charge is 2.23. The maximum absolute atomic E-state index is 4.47. The van der Waals surface area contributed by atoms with E-state index in [1.54, 1.807) is 0 Å². The smallest absolute Gasteiger partial charge is 0.0704 e. The Bertz CT molecular complexity index is 560. The van der Waals surface area contributed by atoms with E-state index >= 15 is 0 Å². The van der Waals surface area contributed by atoms with Gasteiger partial charge in [-0.1, -0.05) is 39.0 Å². The number of pyridine rings is 1. The van der Waals surface area contributed by atoms with Crippen LogP contribution in [0.2, 0.25) is 0 Å². The summed E-state index contributed by atoms with van der Waals surface area (Å²) in [6.45, 7) is 10.2. The van der Waals surface area contributed by atoms with Crippen LogP contribution >= 0.6 is 0 Å². The Morgan fingerprint density at radius 3 is 2.80 bits per heavy atom. The Hall–Kier alpha value is -1.41. The summed E-state index contributed by atoms with van der Waals surface area (Å²) in [7, 11) is 0. The molecule has 0 amide bonds. The van der Waals surface area contributed by atoms with Crippen molar-refractivity contribution >= 4 is 10.9 Å². The van der Waals surface area contributed by atoms with Crippen molar-refractivity contribution in [3.63, 3.8) is 0 Å². The molecular formula is C18H26N2. The zero-order chi connectivity index (χ0) is 14.6. The van der Waals surface area contributed by atoms with Gasteiger partial charge in [0.15, 0.2) is 0 Å². The lowest BCUT2D eigenvalue weighted by Crippen LogP contribution is -2.33. The van der Waals surface area contributed by atoms with Crippen LogP contribution in [0.4, 0.5) is 0 Å². The number of fused-ring (bicyclic) bond motifs is 1. The Morgan fingerprint density at radius 2 is 2.05 bits per heavy atom. The van der Waals surface area contributed by atoms with Gasteiger partial charge in [-0.3, -0.25) is 4.98 Å². The van der Waals surface area contributed by atoms with E-state index in [0.717, 1.165) is 18.5 Å². The van der Waals surface area contributed by atoms with Gasteiger partial charge in [-0.15, -0.1) is 0 Å². The van der Waals surface area contributed by atoms with E-state index < -0.39 is 0 Å². The summed E-state index contributed by atoms with van der Waals surface area (Å²) in [5.74, 6) is 0.